The van der Waals surface area contributed by atoms with Crippen molar-refractivity contribution in [3.05, 3.63) is 70.5 Å². The first kappa shape index (κ1) is 27.9. The number of halogens is 2. The number of carbonyl (C=O) groups excluding carboxylic acids is 1. The van der Waals surface area contributed by atoms with Gasteiger partial charge in [-0.25, -0.2) is 30.3 Å². The Morgan fingerprint density at radius 2 is 1.84 bits per heavy atom. The number of fused-ring (bicyclic) bond motifs is 1. The number of carbonyl (C=O) groups is 1. The van der Waals surface area contributed by atoms with E-state index in [1.165, 1.54) is 18.3 Å². The van der Waals surface area contributed by atoms with E-state index in [1.54, 1.807) is 25.1 Å². The predicted octanol–water partition coefficient (Wildman–Crippen LogP) is 3.11. The summed E-state index contributed by atoms with van der Waals surface area (Å²) in [5.74, 6) is -3.37. The molecule has 2 heterocycles. The van der Waals surface area contributed by atoms with E-state index in [2.05, 4.69) is 15.0 Å². The second-order valence-corrected chi connectivity index (χ2v) is 12.9. The van der Waals surface area contributed by atoms with E-state index in [9.17, 15) is 26.0 Å². The lowest BCUT2D eigenvalue weighted by Gasteiger charge is -2.22. The highest BCUT2D eigenvalue weighted by Gasteiger charge is 2.34. The average Bonchev–Trinajstić information content (AvgIpc) is 3.29. The molecule has 4 rings (SSSR count). The zero-order valence-corrected chi connectivity index (χ0v) is 22.1. The highest BCUT2D eigenvalue weighted by molar-refractivity contribution is 7.91. The summed E-state index contributed by atoms with van der Waals surface area (Å²) in [5.41, 5.74) is 0.857. The fourth-order valence-electron chi connectivity index (χ4n) is 4.34. The maximum absolute atomic E-state index is 15.3. The maximum Gasteiger partial charge on any atom is 0.212 e. The average molecular weight is 568 g/mol. The second-order valence-electron chi connectivity index (χ2n) is 8.91. The van der Waals surface area contributed by atoms with E-state index >= 15 is 4.39 Å². The van der Waals surface area contributed by atoms with Gasteiger partial charge in [0.25, 0.3) is 0 Å². The summed E-state index contributed by atoms with van der Waals surface area (Å²) in [6, 6.07) is 4.64. The van der Waals surface area contributed by atoms with Crippen molar-refractivity contribution in [3.8, 4) is 0 Å². The van der Waals surface area contributed by atoms with E-state index < -0.39 is 61.3 Å². The Hall–Kier alpha value is -3.13. The van der Waals surface area contributed by atoms with Gasteiger partial charge in [-0.15, -0.1) is 0 Å². The number of nitrogens with one attached hydrogen (secondary N) is 3. The fraction of sp³-hybridized carbons (Fsp3) is 0.320. The van der Waals surface area contributed by atoms with E-state index in [4.69, 9.17) is 5.11 Å². The van der Waals surface area contributed by atoms with Crippen LogP contribution < -0.4 is 10.0 Å². The van der Waals surface area contributed by atoms with Crippen molar-refractivity contribution in [2.75, 3.05) is 30.0 Å². The van der Waals surface area contributed by atoms with Gasteiger partial charge in [0, 0.05) is 23.9 Å². The molecular weight excluding hydrogens is 540 g/mol. The number of hydrogen-bond acceptors (Lipinski definition) is 7. The molecule has 1 atom stereocenters. The van der Waals surface area contributed by atoms with Crippen LogP contribution in [0.1, 0.15) is 41.3 Å². The molecular formula is C25H27F2N3O6S2. The zero-order chi connectivity index (χ0) is 27.7. The molecule has 13 heteroatoms. The Morgan fingerprint density at radius 3 is 2.50 bits per heavy atom. The minimum atomic E-state index is -3.82. The number of allylic oxidation sites excluding steroid dienone is 2. The number of sulfone groups is 1. The molecule has 38 heavy (non-hydrogen) atoms. The van der Waals surface area contributed by atoms with Crippen molar-refractivity contribution in [1.29, 1.82) is 0 Å². The smallest absolute Gasteiger partial charge is 0.212 e. The van der Waals surface area contributed by atoms with Crippen molar-refractivity contribution in [2.45, 2.75) is 30.7 Å². The summed E-state index contributed by atoms with van der Waals surface area (Å²) < 4.78 is 80.8. The first-order chi connectivity index (χ1) is 18.0. The lowest BCUT2D eigenvalue weighted by atomic mass is 9.92. The molecule has 1 aliphatic carbocycles. The number of aliphatic hydroxyl groups excluding tert-OH is 1. The zero-order valence-electron chi connectivity index (χ0n) is 20.4. The SMILES string of the molecule is CCCS(=O)(=O)NC1CC=C(F)C(C(=O)c2c[nH]c3c2C=C(c2ccc(S(=O)(=O)CCO)cc2)CN3)=C1F. The van der Waals surface area contributed by atoms with Gasteiger partial charge in [-0.3, -0.25) is 4.79 Å². The van der Waals surface area contributed by atoms with E-state index in [0.29, 0.717) is 35.5 Å². The Balaban J connectivity index is 1.66. The van der Waals surface area contributed by atoms with Crippen LogP contribution in [0.4, 0.5) is 14.6 Å². The molecule has 2 aliphatic rings. The summed E-state index contributed by atoms with van der Waals surface area (Å²) in [7, 11) is -7.43. The number of H-pyrrole nitrogens is 1. The quantitative estimate of drug-likeness (QED) is 0.323. The summed E-state index contributed by atoms with van der Waals surface area (Å²) in [4.78, 5) is 16.3. The third kappa shape index (κ3) is 5.65. The maximum atomic E-state index is 15.3. The number of benzene rings is 1. The van der Waals surface area contributed by atoms with Crippen LogP contribution in [-0.2, 0) is 19.9 Å². The lowest BCUT2D eigenvalue weighted by Crippen LogP contribution is -2.38. The second kappa shape index (κ2) is 10.9. The van der Waals surface area contributed by atoms with Crippen molar-refractivity contribution in [2.24, 2.45) is 0 Å². The van der Waals surface area contributed by atoms with Gasteiger partial charge in [0.05, 0.1) is 34.6 Å². The number of rotatable bonds is 10. The minimum absolute atomic E-state index is 0.0161. The molecule has 204 valence electrons. The molecule has 0 radical (unpaired) electrons. The van der Waals surface area contributed by atoms with Gasteiger partial charge >= 0.3 is 0 Å². The monoisotopic (exact) mass is 567 g/mol. The number of aromatic nitrogens is 1. The van der Waals surface area contributed by atoms with Crippen LogP contribution in [0.2, 0.25) is 0 Å². The third-order valence-electron chi connectivity index (χ3n) is 6.22. The van der Waals surface area contributed by atoms with Crippen LogP contribution in [0.3, 0.4) is 0 Å². The van der Waals surface area contributed by atoms with Gasteiger partial charge in [0.15, 0.2) is 9.84 Å². The Bertz CT molecular complexity index is 1560. The molecule has 0 bridgehead atoms. The highest BCUT2D eigenvalue weighted by Crippen LogP contribution is 2.36. The molecule has 0 amide bonds. The number of anilines is 1. The molecule has 1 aromatic carbocycles. The van der Waals surface area contributed by atoms with Gasteiger partial charge in [-0.05, 0) is 48.3 Å². The van der Waals surface area contributed by atoms with Gasteiger partial charge in [0.1, 0.15) is 17.5 Å². The van der Waals surface area contributed by atoms with E-state index in [1.807, 2.05) is 0 Å². The Morgan fingerprint density at radius 1 is 1.13 bits per heavy atom. The van der Waals surface area contributed by atoms with Gasteiger partial charge in [-0.1, -0.05) is 19.1 Å². The standard InChI is InChI=1S/C25H27F2N3O6S2/c1-2-10-38(35,36)30-21-8-7-20(26)22(23(21)27)24(32)19-14-29-25-18(19)12-16(13-28-25)15-3-5-17(6-4-15)37(33,34)11-9-31/h3-7,12,14,21,28-31H,2,8-11,13H2,1H3. The lowest BCUT2D eigenvalue weighted by molar-refractivity contribution is 0.102. The number of aromatic amines is 1. The summed E-state index contributed by atoms with van der Waals surface area (Å²) in [6.07, 6.45) is 4.01. The van der Waals surface area contributed by atoms with Crippen LogP contribution in [0, 0.1) is 0 Å². The summed E-state index contributed by atoms with van der Waals surface area (Å²) in [5, 5.41) is 12.1. The molecule has 0 saturated heterocycles. The van der Waals surface area contributed by atoms with Crippen LogP contribution >= 0.6 is 0 Å². The Kier molecular flexibility index (Phi) is 8.02. The largest absolute Gasteiger partial charge is 0.395 e. The van der Waals surface area contributed by atoms with Gasteiger partial charge < -0.3 is 15.4 Å². The van der Waals surface area contributed by atoms with E-state index in [-0.39, 0.29) is 22.6 Å². The molecule has 2 aromatic rings. The van der Waals surface area contributed by atoms with Crippen molar-refractivity contribution in [3.63, 3.8) is 0 Å². The highest BCUT2D eigenvalue weighted by atomic mass is 32.2. The molecule has 1 unspecified atom stereocenters. The molecule has 1 aliphatic heterocycles. The van der Waals surface area contributed by atoms with Crippen molar-refractivity contribution in [1.82, 2.24) is 9.71 Å². The van der Waals surface area contributed by atoms with Crippen LogP contribution in [0.5, 0.6) is 0 Å². The van der Waals surface area contributed by atoms with Crippen LogP contribution in [0.15, 0.2) is 58.7 Å². The molecule has 0 spiro atoms. The number of Topliss-reactive ketones (excluding diaryl/α,β-unsaturated/α-hetero) is 1. The van der Waals surface area contributed by atoms with Crippen molar-refractivity contribution >= 4 is 43.1 Å². The minimum Gasteiger partial charge on any atom is -0.395 e. The fourth-order valence-corrected chi connectivity index (χ4v) is 6.65. The Labute approximate surface area is 219 Å². The van der Waals surface area contributed by atoms with Gasteiger partial charge in [-0.2, -0.15) is 0 Å². The molecule has 4 N–H and O–H groups in total. The van der Waals surface area contributed by atoms with Crippen molar-refractivity contribution < 1.29 is 35.5 Å². The molecule has 0 fully saturated rings. The van der Waals surface area contributed by atoms with Gasteiger partial charge in [0.2, 0.25) is 15.8 Å². The number of hydrogen-bond donors (Lipinski definition) is 4. The van der Waals surface area contributed by atoms with Crippen LogP contribution in [0.25, 0.3) is 11.6 Å². The number of aliphatic hydroxyl groups is 1. The first-order valence-corrected chi connectivity index (χ1v) is 15.2. The summed E-state index contributed by atoms with van der Waals surface area (Å²) in [6.45, 7) is 1.49. The molecule has 9 nitrogen and oxygen atoms in total. The first-order valence-electron chi connectivity index (χ1n) is 11.9. The summed E-state index contributed by atoms with van der Waals surface area (Å²) >= 11 is 0. The number of sulfonamides is 1. The van der Waals surface area contributed by atoms with E-state index in [0.717, 1.165) is 6.08 Å². The van der Waals surface area contributed by atoms with Crippen LogP contribution in [-0.4, -0.2) is 63.4 Å². The third-order valence-corrected chi connectivity index (χ3v) is 9.52. The molecule has 1 aromatic heterocycles. The number of ketones is 1. The normalized spacial score (nSPS) is 17.9. The topological polar surface area (TPSA) is 145 Å². The predicted molar refractivity (Wildman–Crippen MR) is 140 cm³/mol. The molecule has 0 saturated carbocycles.